The molecule has 4 rings (SSSR count). The van der Waals surface area contributed by atoms with Crippen molar-refractivity contribution < 1.29 is 14.6 Å². The summed E-state index contributed by atoms with van der Waals surface area (Å²) in [5, 5.41) is 10.8. The largest absolute Gasteiger partial charge is 0.469 e. The van der Waals surface area contributed by atoms with Gasteiger partial charge in [-0.25, -0.2) is 0 Å². The van der Waals surface area contributed by atoms with Crippen LogP contribution in [0.25, 0.3) is 0 Å². The van der Waals surface area contributed by atoms with Gasteiger partial charge in [-0.1, -0.05) is 37.1 Å². The second-order valence-corrected chi connectivity index (χ2v) is 10.2. The zero-order valence-corrected chi connectivity index (χ0v) is 18.0. The lowest BCUT2D eigenvalue weighted by Gasteiger charge is -2.54. The molecule has 0 saturated heterocycles. The summed E-state index contributed by atoms with van der Waals surface area (Å²) in [6, 6.07) is 0. The summed E-state index contributed by atoms with van der Waals surface area (Å²) in [7, 11) is 1.48. The van der Waals surface area contributed by atoms with E-state index in [1.807, 2.05) is 0 Å². The van der Waals surface area contributed by atoms with Crippen molar-refractivity contribution in [3.8, 4) is 0 Å². The third kappa shape index (κ3) is 3.38. The molecule has 0 aromatic rings. The van der Waals surface area contributed by atoms with E-state index < -0.39 is 5.60 Å². The number of carbonyl (C=O) groups excluding carboxylic acids is 1. The highest BCUT2D eigenvalue weighted by molar-refractivity contribution is 5.69. The summed E-state index contributed by atoms with van der Waals surface area (Å²) in [6.45, 7) is 4.63. The van der Waals surface area contributed by atoms with Gasteiger partial charge in [0.1, 0.15) is 0 Å². The minimum Gasteiger partial charge on any atom is -0.469 e. The molecular formula is C25H38O3. The van der Waals surface area contributed by atoms with Crippen LogP contribution < -0.4 is 0 Å². The molecule has 156 valence electrons. The van der Waals surface area contributed by atoms with Crippen LogP contribution in [-0.4, -0.2) is 23.8 Å². The van der Waals surface area contributed by atoms with E-state index in [2.05, 4.69) is 26.0 Å². The van der Waals surface area contributed by atoms with E-state index >= 15 is 0 Å². The van der Waals surface area contributed by atoms with Crippen molar-refractivity contribution in [3.05, 3.63) is 23.3 Å². The highest BCUT2D eigenvalue weighted by Crippen LogP contribution is 2.62. The lowest BCUT2D eigenvalue weighted by molar-refractivity contribution is -0.140. The smallest absolute Gasteiger partial charge is 0.305 e. The van der Waals surface area contributed by atoms with Crippen LogP contribution in [0.15, 0.2) is 23.3 Å². The van der Waals surface area contributed by atoms with Gasteiger partial charge < -0.3 is 9.84 Å². The number of allylic oxidation sites excluding steroid dienone is 3. The van der Waals surface area contributed by atoms with Gasteiger partial charge in [0.05, 0.1) is 12.7 Å². The molecule has 1 N–H and O–H groups in total. The van der Waals surface area contributed by atoms with Gasteiger partial charge in [-0.05, 0) is 93.3 Å². The third-order valence-corrected chi connectivity index (χ3v) is 9.05. The van der Waals surface area contributed by atoms with Crippen molar-refractivity contribution >= 4 is 5.97 Å². The van der Waals surface area contributed by atoms with E-state index in [0.29, 0.717) is 11.8 Å². The summed E-state index contributed by atoms with van der Waals surface area (Å²) in [4.78, 5) is 11.5. The van der Waals surface area contributed by atoms with Gasteiger partial charge in [-0.15, -0.1) is 0 Å². The molecule has 0 aromatic heterocycles. The van der Waals surface area contributed by atoms with Crippen LogP contribution >= 0.6 is 0 Å². The van der Waals surface area contributed by atoms with Gasteiger partial charge in [-0.3, -0.25) is 4.79 Å². The molecule has 0 radical (unpaired) electrons. The normalized spacial score (nSPS) is 42.0. The van der Waals surface area contributed by atoms with E-state index in [-0.39, 0.29) is 5.97 Å². The predicted molar refractivity (Wildman–Crippen MR) is 112 cm³/mol. The Labute approximate surface area is 170 Å². The summed E-state index contributed by atoms with van der Waals surface area (Å²) in [5.74, 6) is 3.03. The van der Waals surface area contributed by atoms with Crippen LogP contribution in [-0.2, 0) is 9.53 Å². The highest BCUT2D eigenvalue weighted by atomic mass is 16.5. The second-order valence-electron chi connectivity index (χ2n) is 10.2. The quantitative estimate of drug-likeness (QED) is 0.495. The Bertz CT molecular complexity index is 677. The molecule has 0 spiro atoms. The van der Waals surface area contributed by atoms with Crippen LogP contribution in [0, 0.1) is 29.1 Å². The average molecular weight is 387 g/mol. The molecule has 0 amide bonds. The number of esters is 1. The van der Waals surface area contributed by atoms with Crippen LogP contribution in [0.4, 0.5) is 0 Å². The minimum atomic E-state index is -0.444. The number of ether oxygens (including phenoxy) is 1. The summed E-state index contributed by atoms with van der Waals surface area (Å²) < 4.78 is 4.81. The maximum absolute atomic E-state index is 11.5. The molecule has 0 aromatic carbocycles. The lowest BCUT2D eigenvalue weighted by Crippen LogP contribution is -2.47. The molecule has 3 nitrogen and oxygen atoms in total. The monoisotopic (exact) mass is 386 g/mol. The Morgan fingerprint density at radius 1 is 1.21 bits per heavy atom. The van der Waals surface area contributed by atoms with Crippen molar-refractivity contribution in [3.63, 3.8) is 0 Å². The molecule has 4 aliphatic rings. The number of carbonyl (C=O) groups is 1. The molecule has 3 heteroatoms. The average Bonchev–Trinajstić information content (AvgIpc) is 3.04. The van der Waals surface area contributed by atoms with E-state index in [9.17, 15) is 9.90 Å². The van der Waals surface area contributed by atoms with E-state index in [1.54, 1.807) is 11.1 Å². The highest BCUT2D eigenvalue weighted by Gasteiger charge is 2.53. The molecule has 0 heterocycles. The van der Waals surface area contributed by atoms with Gasteiger partial charge in [0.25, 0.3) is 0 Å². The Morgan fingerprint density at radius 3 is 2.79 bits per heavy atom. The molecule has 28 heavy (non-hydrogen) atoms. The maximum Gasteiger partial charge on any atom is 0.305 e. The van der Waals surface area contributed by atoms with Gasteiger partial charge in [-0.2, -0.15) is 0 Å². The third-order valence-electron chi connectivity index (χ3n) is 9.05. The number of methoxy groups -OCH3 is 1. The number of rotatable bonds is 5. The van der Waals surface area contributed by atoms with Crippen molar-refractivity contribution in [2.24, 2.45) is 29.1 Å². The van der Waals surface area contributed by atoms with Crippen molar-refractivity contribution in [2.45, 2.75) is 90.1 Å². The van der Waals surface area contributed by atoms with Gasteiger partial charge in [0.15, 0.2) is 0 Å². The summed E-state index contributed by atoms with van der Waals surface area (Å²) in [6.07, 6.45) is 16.5. The first-order valence-corrected chi connectivity index (χ1v) is 11.6. The first kappa shape index (κ1) is 20.2. The van der Waals surface area contributed by atoms with Crippen LogP contribution in [0.1, 0.15) is 84.5 Å². The van der Waals surface area contributed by atoms with E-state index in [1.165, 1.54) is 39.2 Å². The fourth-order valence-corrected chi connectivity index (χ4v) is 7.24. The number of fused-ring (bicyclic) bond motifs is 5. The molecule has 4 aliphatic carbocycles. The summed E-state index contributed by atoms with van der Waals surface area (Å²) in [5.41, 5.74) is 3.07. The Kier molecular flexibility index (Phi) is 5.50. The number of hydrogen-bond donors (Lipinski definition) is 1. The fourth-order valence-electron chi connectivity index (χ4n) is 7.24. The minimum absolute atomic E-state index is 0.0849. The lowest BCUT2D eigenvalue weighted by atomic mass is 9.51. The number of hydrogen-bond acceptors (Lipinski definition) is 3. The van der Waals surface area contributed by atoms with Crippen molar-refractivity contribution in [2.75, 3.05) is 7.11 Å². The Balaban J connectivity index is 1.45. The van der Waals surface area contributed by atoms with Gasteiger partial charge in [0.2, 0.25) is 0 Å². The molecule has 2 fully saturated rings. The van der Waals surface area contributed by atoms with Crippen LogP contribution in [0.2, 0.25) is 0 Å². The molecule has 0 bridgehead atoms. The molecule has 0 aliphatic heterocycles. The van der Waals surface area contributed by atoms with Gasteiger partial charge in [0, 0.05) is 6.42 Å². The van der Waals surface area contributed by atoms with Crippen LogP contribution in [0.3, 0.4) is 0 Å². The standard InChI is InChI=1S/C25H38O3/c1-4-25(27)15-13-19-17(16-25)8-10-21-20(19)12-14-24(2)18(9-11-22(21)24)6-5-7-23(26)28-3/h8-9,19-22,27H,4-7,10-16H2,1-3H3/t19?,20?,21?,22?,24?,25-/m0/s1. The Hall–Kier alpha value is -1.09. The Morgan fingerprint density at radius 2 is 2.04 bits per heavy atom. The second kappa shape index (κ2) is 7.63. The van der Waals surface area contributed by atoms with Crippen molar-refractivity contribution in [1.29, 1.82) is 0 Å². The zero-order valence-electron chi connectivity index (χ0n) is 18.0. The first-order valence-electron chi connectivity index (χ1n) is 11.6. The van der Waals surface area contributed by atoms with Crippen LogP contribution in [0.5, 0.6) is 0 Å². The number of aliphatic hydroxyl groups is 1. The SMILES string of the molecule is CC[C@]1(O)CCC2C(=CCC3C2CCC2(C)C(CCCC(=O)OC)=CCC32)C1. The van der Waals surface area contributed by atoms with Crippen molar-refractivity contribution in [1.82, 2.24) is 0 Å². The predicted octanol–water partition coefficient (Wildman–Crippen LogP) is 5.58. The molecular weight excluding hydrogens is 348 g/mol. The maximum atomic E-state index is 11.5. The molecule has 6 atom stereocenters. The first-order chi connectivity index (χ1) is 13.4. The van der Waals surface area contributed by atoms with E-state index in [0.717, 1.165) is 55.8 Å². The molecule has 2 saturated carbocycles. The topological polar surface area (TPSA) is 46.5 Å². The molecule has 5 unspecified atom stereocenters. The summed E-state index contributed by atoms with van der Waals surface area (Å²) >= 11 is 0. The van der Waals surface area contributed by atoms with Gasteiger partial charge >= 0.3 is 5.97 Å². The van der Waals surface area contributed by atoms with E-state index in [4.69, 9.17) is 4.74 Å². The zero-order chi connectivity index (χ0) is 19.9. The fraction of sp³-hybridized carbons (Fsp3) is 0.800.